The summed E-state index contributed by atoms with van der Waals surface area (Å²) in [6, 6.07) is 22.9. The Morgan fingerprint density at radius 3 is 1.93 bits per heavy atom. The Bertz CT molecular complexity index is 2500. The first-order valence-electron chi connectivity index (χ1n) is 24.5. The molecule has 11 atom stereocenters. The number of carboxylic acid groups (broad SMARTS) is 1. The summed E-state index contributed by atoms with van der Waals surface area (Å²) in [5.74, 6) is -7.51. The second-order valence-corrected chi connectivity index (χ2v) is 19.9. The van der Waals surface area contributed by atoms with Crippen molar-refractivity contribution >= 4 is 41.5 Å². The zero-order valence-electron chi connectivity index (χ0n) is 41.8. The summed E-state index contributed by atoms with van der Waals surface area (Å²) in [5, 5.41) is 48.5. The number of esters is 4. The van der Waals surface area contributed by atoms with Gasteiger partial charge in [-0.2, -0.15) is 0 Å². The first-order valence-corrected chi connectivity index (χ1v) is 24.5. The van der Waals surface area contributed by atoms with Crippen LogP contribution in [-0.2, 0) is 47.7 Å². The molecule has 3 aromatic carbocycles. The molecule has 0 aromatic heterocycles. The van der Waals surface area contributed by atoms with E-state index in [2.05, 4.69) is 12.2 Å². The first kappa shape index (κ1) is 55.1. The monoisotopic (exact) mass is 997 g/mol. The molecular weight excluding hydrogens is 931 g/mol. The van der Waals surface area contributed by atoms with Crippen LogP contribution >= 0.6 is 0 Å². The average molecular weight is 998 g/mol. The van der Waals surface area contributed by atoms with Gasteiger partial charge in [0.2, 0.25) is 0 Å². The maximum Gasteiger partial charge on any atom is 0.338 e. The van der Waals surface area contributed by atoms with Crippen molar-refractivity contribution in [3.05, 3.63) is 119 Å². The van der Waals surface area contributed by atoms with E-state index in [1.54, 1.807) is 92.7 Å². The Labute approximate surface area is 419 Å². The van der Waals surface area contributed by atoms with Crippen LogP contribution in [0.1, 0.15) is 132 Å². The maximum absolute atomic E-state index is 15.5. The number of ether oxygens (including phenoxy) is 5. The number of benzene rings is 3. The average Bonchev–Trinajstić information content (AvgIpc) is 3.34. The predicted octanol–water partition coefficient (Wildman–Crippen LogP) is 6.17. The number of nitrogens with one attached hydrogen (secondary N) is 1. The van der Waals surface area contributed by atoms with Crippen LogP contribution in [0.2, 0.25) is 0 Å². The highest BCUT2D eigenvalue weighted by molar-refractivity contribution is 5.96. The van der Waals surface area contributed by atoms with E-state index in [1.165, 1.54) is 45.2 Å². The third kappa shape index (κ3) is 10.9. The first-order chi connectivity index (χ1) is 34.0. The molecule has 0 spiro atoms. The second-order valence-electron chi connectivity index (χ2n) is 19.9. The number of aliphatic hydroxyl groups is 3. The van der Waals surface area contributed by atoms with E-state index >= 15 is 4.79 Å². The summed E-state index contributed by atoms with van der Waals surface area (Å²) in [5.41, 5.74) is -7.02. The van der Waals surface area contributed by atoms with Crippen LogP contribution in [-0.4, -0.2) is 116 Å². The van der Waals surface area contributed by atoms with Gasteiger partial charge in [0.25, 0.3) is 5.91 Å². The lowest BCUT2D eigenvalue weighted by atomic mass is 9.44. The van der Waals surface area contributed by atoms with E-state index in [-0.39, 0.29) is 35.3 Å². The molecule has 3 fully saturated rings. The van der Waals surface area contributed by atoms with Crippen molar-refractivity contribution in [2.45, 2.75) is 154 Å². The number of rotatable bonds is 16. The largest absolute Gasteiger partial charge is 0.481 e. The van der Waals surface area contributed by atoms with Gasteiger partial charge in [-0.25, -0.2) is 9.59 Å². The van der Waals surface area contributed by atoms with E-state index in [4.69, 9.17) is 28.8 Å². The van der Waals surface area contributed by atoms with Crippen molar-refractivity contribution in [2.24, 2.45) is 16.7 Å². The van der Waals surface area contributed by atoms with E-state index in [0.29, 0.717) is 12.0 Å². The maximum atomic E-state index is 15.5. The molecule has 0 unspecified atom stereocenters. The van der Waals surface area contributed by atoms with Crippen LogP contribution in [0.4, 0.5) is 0 Å². The molecule has 2 saturated carbocycles. The smallest absolute Gasteiger partial charge is 0.338 e. The van der Waals surface area contributed by atoms with Crippen LogP contribution in [0.15, 0.2) is 102 Å². The van der Waals surface area contributed by atoms with Crippen LogP contribution < -0.4 is 5.32 Å². The molecule has 5 N–H and O–H groups in total. The Balaban J connectivity index is 0.000000764. The van der Waals surface area contributed by atoms with Crippen molar-refractivity contribution in [2.75, 3.05) is 6.61 Å². The van der Waals surface area contributed by atoms with Crippen molar-refractivity contribution < 1.29 is 77.7 Å². The molecule has 7 rings (SSSR count). The number of aliphatic carboxylic acids is 1. The molecule has 1 heterocycles. The number of carbonyl (C=O) groups excluding carboxylic acids is 6. The van der Waals surface area contributed by atoms with Crippen molar-refractivity contribution in [1.29, 1.82) is 0 Å². The lowest BCUT2D eigenvalue weighted by molar-refractivity contribution is -0.346. The summed E-state index contributed by atoms with van der Waals surface area (Å²) >= 11 is 0. The van der Waals surface area contributed by atoms with Gasteiger partial charge in [-0.3, -0.25) is 24.0 Å². The zero-order chi connectivity index (χ0) is 52.8. The van der Waals surface area contributed by atoms with E-state index < -0.39 is 119 Å². The van der Waals surface area contributed by atoms with Gasteiger partial charge in [-0.05, 0) is 61.2 Å². The van der Waals surface area contributed by atoms with Crippen LogP contribution in [0, 0.1) is 16.7 Å². The number of carbonyl (C=O) groups is 7. The number of fused-ring (bicyclic) bond motifs is 5. The van der Waals surface area contributed by atoms with Gasteiger partial charge in [0.15, 0.2) is 23.6 Å². The number of aliphatic hydroxyl groups excluding tert-OH is 2. The summed E-state index contributed by atoms with van der Waals surface area (Å²) in [4.78, 5) is 93.5. The molecule has 4 aliphatic rings. The highest BCUT2D eigenvalue weighted by Gasteiger charge is 2.78. The molecule has 1 aliphatic heterocycles. The zero-order valence-corrected chi connectivity index (χ0v) is 41.8. The molecule has 17 heteroatoms. The highest BCUT2D eigenvalue weighted by Crippen LogP contribution is 2.64. The third-order valence-corrected chi connectivity index (χ3v) is 15.0. The van der Waals surface area contributed by atoms with Crippen LogP contribution in [0.3, 0.4) is 0 Å². The Morgan fingerprint density at radius 2 is 1.39 bits per heavy atom. The van der Waals surface area contributed by atoms with Crippen molar-refractivity contribution in [1.82, 2.24) is 5.32 Å². The quantitative estimate of drug-likeness (QED) is 0.0465. The van der Waals surface area contributed by atoms with Crippen LogP contribution in [0.5, 0.6) is 0 Å². The van der Waals surface area contributed by atoms with E-state index in [1.807, 2.05) is 0 Å². The van der Waals surface area contributed by atoms with Gasteiger partial charge in [0, 0.05) is 44.1 Å². The fraction of sp³-hybridized carbons (Fsp3) is 0.509. The molecule has 1 amide bonds. The second kappa shape index (κ2) is 22.7. The molecule has 72 heavy (non-hydrogen) atoms. The predicted molar refractivity (Wildman–Crippen MR) is 259 cm³/mol. The van der Waals surface area contributed by atoms with Gasteiger partial charge in [0.1, 0.15) is 23.9 Å². The van der Waals surface area contributed by atoms with E-state index in [0.717, 1.165) is 26.7 Å². The fourth-order valence-electron chi connectivity index (χ4n) is 11.1. The number of Topliss-reactive ketones (excluding diaryl/α,β-unsaturated/α-hetero) is 1. The molecule has 3 aliphatic carbocycles. The highest BCUT2D eigenvalue weighted by atomic mass is 16.6. The van der Waals surface area contributed by atoms with Crippen molar-refractivity contribution in [3.8, 4) is 0 Å². The summed E-state index contributed by atoms with van der Waals surface area (Å²) in [6.07, 6.45) is -4.63. The minimum Gasteiger partial charge on any atom is -0.481 e. The van der Waals surface area contributed by atoms with Gasteiger partial charge in [-0.15, -0.1) is 0 Å². The number of ketones is 1. The van der Waals surface area contributed by atoms with Gasteiger partial charge < -0.3 is 49.4 Å². The molecule has 0 radical (unpaired) electrons. The Morgan fingerprint density at radius 1 is 0.806 bits per heavy atom. The lowest BCUT2D eigenvalue weighted by Gasteiger charge is -2.67. The summed E-state index contributed by atoms with van der Waals surface area (Å²) in [7, 11) is 0. The Hall–Kier alpha value is -6.27. The minimum atomic E-state index is -2.39. The van der Waals surface area contributed by atoms with E-state index in [9.17, 15) is 44.1 Å². The number of amides is 1. The molecule has 2 bridgehead atoms. The van der Waals surface area contributed by atoms with Crippen molar-refractivity contribution in [3.63, 3.8) is 0 Å². The van der Waals surface area contributed by atoms with Gasteiger partial charge in [0.05, 0.1) is 35.6 Å². The third-order valence-electron chi connectivity index (χ3n) is 15.0. The normalized spacial score (nSPS) is 28.8. The number of unbranched alkanes of at least 4 members (excludes halogenated alkanes) is 4. The molecular formula is C55H67NO16. The number of hydrogen-bond donors (Lipinski definition) is 5. The standard InChI is InChI=1S/C47H51NO14.C8H16O2/c1-25-31(60-43(56)36(52)35(28-16-10-7-11-17-28)48-41(54)29-18-12-8-13-19-29)23-47(57)40(61-42(55)30-20-14-9-15-21-30)38-45(6,32(51)22-33-46(38,24-58-33)62-27(3)50)39(53)37(59-26(2)49)34(25)44(47,4)5;1-2-3-4-5-6-7-8(9)10/h7-21,31-33,35-38,40,51-52,57H,22-24H2,1-6H3,(H,48,54);2-7H2,1H3,(H,9,10)/t31-,32-,33+,35-,36+,37+,38-,40-,45+,46-,47+;/m0./s1. The molecule has 17 nitrogen and oxygen atoms in total. The Kier molecular flexibility index (Phi) is 17.3. The summed E-state index contributed by atoms with van der Waals surface area (Å²) < 4.78 is 30.3. The molecule has 1 saturated heterocycles. The molecule has 388 valence electrons. The number of carboxylic acids is 1. The topological polar surface area (TPSA) is 259 Å². The minimum absolute atomic E-state index is 0.00289. The molecule has 3 aromatic rings. The summed E-state index contributed by atoms with van der Waals surface area (Å²) in [6.45, 7) is 10.1. The SMILES string of the molecule is CC(=O)O[C@H]1C(=O)[C@@]2(C)[C@H]([C@H](OC(=O)c3ccccc3)[C@]3(O)C[C@H](OC(=O)[C@H](O)[C@@H](NC(=O)c4ccccc4)c4ccccc4)C(C)=C1C3(C)C)[C@]1(OC(C)=O)CO[C@@H]1C[C@@H]2O.CCCCCCCC(=O)O. The van der Waals surface area contributed by atoms with Crippen LogP contribution in [0.25, 0.3) is 0 Å². The fourth-order valence-corrected chi connectivity index (χ4v) is 11.1. The van der Waals surface area contributed by atoms with Gasteiger partial charge >= 0.3 is 29.8 Å². The van der Waals surface area contributed by atoms with Gasteiger partial charge in [-0.1, -0.05) is 113 Å². The lowest BCUT2D eigenvalue weighted by Crippen LogP contribution is -2.82. The number of hydrogen-bond acceptors (Lipinski definition) is 15.